The maximum Gasteiger partial charge on any atom is 0.241 e. The fourth-order valence-corrected chi connectivity index (χ4v) is 1.86. The van der Waals surface area contributed by atoms with Crippen LogP contribution in [0.3, 0.4) is 0 Å². The lowest BCUT2D eigenvalue weighted by atomic mass is 10.1. The van der Waals surface area contributed by atoms with E-state index in [1.165, 1.54) is 0 Å². The second-order valence-electron chi connectivity index (χ2n) is 3.89. The summed E-state index contributed by atoms with van der Waals surface area (Å²) in [6.45, 7) is 3.85. The van der Waals surface area contributed by atoms with Crippen LogP contribution in [0.5, 0.6) is 0 Å². The Hall–Kier alpha value is -0.140. The van der Waals surface area contributed by atoms with Crippen molar-refractivity contribution in [3.63, 3.8) is 0 Å². The van der Waals surface area contributed by atoms with Gasteiger partial charge in [-0.3, -0.25) is 4.79 Å². The van der Waals surface area contributed by atoms with Crippen LogP contribution < -0.4 is 11.1 Å². The molecule has 0 spiro atoms. The van der Waals surface area contributed by atoms with E-state index >= 15 is 0 Å². The third kappa shape index (κ3) is 3.71. The van der Waals surface area contributed by atoms with Crippen molar-refractivity contribution in [1.29, 1.82) is 0 Å². The minimum Gasteiger partial charge on any atom is -0.325 e. The van der Waals surface area contributed by atoms with Crippen LogP contribution >= 0.6 is 38.5 Å². The Morgan fingerprint density at radius 2 is 2.12 bits per heavy atom. The average Bonchev–Trinajstić information content (AvgIpc) is 2.22. The number of hydrogen-bond acceptors (Lipinski definition) is 2. The lowest BCUT2D eigenvalue weighted by Gasteiger charge is -2.15. The molecule has 0 fully saturated rings. The van der Waals surface area contributed by atoms with Crippen LogP contribution in [0.4, 0.5) is 5.69 Å². The molecule has 3 nitrogen and oxygen atoms in total. The molecule has 0 radical (unpaired) electrons. The topological polar surface area (TPSA) is 55.1 Å². The molecule has 0 aliphatic carbocycles. The number of benzene rings is 1. The number of halogens is 2. The molecular weight excluding hydrogens is 383 g/mol. The smallest absolute Gasteiger partial charge is 0.241 e. The Balaban J connectivity index is 2.74. The van der Waals surface area contributed by atoms with Crippen LogP contribution in [0.2, 0.25) is 0 Å². The largest absolute Gasteiger partial charge is 0.325 e. The molecule has 1 aromatic carbocycles. The van der Waals surface area contributed by atoms with Gasteiger partial charge in [0.2, 0.25) is 5.91 Å². The van der Waals surface area contributed by atoms with Gasteiger partial charge in [-0.25, -0.2) is 0 Å². The highest BCUT2D eigenvalue weighted by atomic mass is 127. The van der Waals surface area contributed by atoms with E-state index in [9.17, 15) is 4.79 Å². The van der Waals surface area contributed by atoms with Gasteiger partial charge in [0, 0.05) is 13.7 Å². The van der Waals surface area contributed by atoms with Gasteiger partial charge in [-0.2, -0.15) is 0 Å². The molecule has 1 atom stereocenters. The number of anilines is 1. The molecule has 1 amide bonds. The van der Waals surface area contributed by atoms with Crippen LogP contribution in [-0.2, 0) is 4.79 Å². The molecule has 3 N–H and O–H groups in total. The molecule has 0 saturated carbocycles. The second-order valence-corrected chi connectivity index (χ2v) is 5.90. The molecule has 16 heavy (non-hydrogen) atoms. The van der Waals surface area contributed by atoms with Crippen LogP contribution in [0.25, 0.3) is 0 Å². The normalized spacial score (nSPS) is 12.6. The Kier molecular flexibility index (Phi) is 5.20. The first-order valence-electron chi connectivity index (χ1n) is 4.93. The summed E-state index contributed by atoms with van der Waals surface area (Å²) in [5, 5.41) is 2.80. The van der Waals surface area contributed by atoms with Crippen molar-refractivity contribution in [2.24, 2.45) is 11.7 Å². The van der Waals surface area contributed by atoms with Gasteiger partial charge in [0.25, 0.3) is 0 Å². The van der Waals surface area contributed by atoms with Gasteiger partial charge in [0.05, 0.1) is 6.04 Å². The highest BCUT2D eigenvalue weighted by Gasteiger charge is 2.17. The highest BCUT2D eigenvalue weighted by molar-refractivity contribution is 14.1. The van der Waals surface area contributed by atoms with Crippen LogP contribution in [0.15, 0.2) is 22.7 Å². The number of hydrogen-bond donors (Lipinski definition) is 2. The lowest BCUT2D eigenvalue weighted by molar-refractivity contribution is -0.118. The van der Waals surface area contributed by atoms with Crippen molar-refractivity contribution in [3.8, 4) is 0 Å². The van der Waals surface area contributed by atoms with Crippen LogP contribution in [-0.4, -0.2) is 11.9 Å². The third-order valence-electron chi connectivity index (χ3n) is 2.21. The Morgan fingerprint density at radius 3 is 2.62 bits per heavy atom. The van der Waals surface area contributed by atoms with E-state index in [1.807, 2.05) is 32.0 Å². The Bertz CT molecular complexity index is 396. The Morgan fingerprint density at radius 1 is 1.50 bits per heavy atom. The highest BCUT2D eigenvalue weighted by Crippen LogP contribution is 2.22. The summed E-state index contributed by atoms with van der Waals surface area (Å²) in [7, 11) is 0. The van der Waals surface area contributed by atoms with Crippen molar-refractivity contribution in [2.75, 3.05) is 5.32 Å². The van der Waals surface area contributed by atoms with Crippen molar-refractivity contribution < 1.29 is 4.79 Å². The van der Waals surface area contributed by atoms with Crippen LogP contribution in [0, 0.1) is 9.49 Å². The molecule has 0 aliphatic rings. The molecule has 1 aromatic rings. The number of nitrogens with two attached hydrogens (primary N) is 1. The first kappa shape index (κ1) is 13.9. The van der Waals surface area contributed by atoms with Crippen molar-refractivity contribution in [2.45, 2.75) is 19.9 Å². The first-order valence-corrected chi connectivity index (χ1v) is 6.80. The fourth-order valence-electron chi connectivity index (χ4n) is 1.10. The van der Waals surface area contributed by atoms with Gasteiger partial charge in [0.15, 0.2) is 0 Å². The summed E-state index contributed by atoms with van der Waals surface area (Å²) in [5.74, 6) is -0.0114. The molecule has 0 unspecified atom stereocenters. The van der Waals surface area contributed by atoms with Crippen LogP contribution in [0.1, 0.15) is 13.8 Å². The minimum atomic E-state index is -0.471. The van der Waals surface area contributed by atoms with E-state index in [2.05, 4.69) is 43.8 Å². The van der Waals surface area contributed by atoms with E-state index in [1.54, 1.807) is 0 Å². The van der Waals surface area contributed by atoms with Crippen molar-refractivity contribution in [3.05, 3.63) is 26.2 Å². The second kappa shape index (κ2) is 5.97. The summed E-state index contributed by atoms with van der Waals surface area (Å²) in [6, 6.07) is 5.17. The number of nitrogens with one attached hydrogen (secondary N) is 1. The molecule has 5 heteroatoms. The number of carbonyl (C=O) groups is 1. The zero-order valence-electron chi connectivity index (χ0n) is 9.13. The third-order valence-corrected chi connectivity index (χ3v) is 4.53. The molecule has 0 heterocycles. The molecule has 0 aliphatic heterocycles. The standard InChI is InChI=1S/C11H14BrIN2O/c1-6(2)10(14)11(16)15-7-3-4-8(12)9(13)5-7/h3-6,10H,14H2,1-2H3,(H,15,16)/t10-/m0/s1. The lowest BCUT2D eigenvalue weighted by Crippen LogP contribution is -2.39. The first-order chi connectivity index (χ1) is 7.41. The number of carbonyl (C=O) groups excluding carboxylic acids is 1. The molecule has 1 rings (SSSR count). The molecule has 0 saturated heterocycles. The molecule has 0 bridgehead atoms. The van der Waals surface area contributed by atoms with E-state index in [-0.39, 0.29) is 11.8 Å². The predicted octanol–water partition coefficient (Wildman–Crippen LogP) is 2.98. The van der Waals surface area contributed by atoms with Crippen molar-refractivity contribution in [1.82, 2.24) is 0 Å². The van der Waals surface area contributed by atoms with Gasteiger partial charge >= 0.3 is 0 Å². The van der Waals surface area contributed by atoms with Gasteiger partial charge < -0.3 is 11.1 Å². The predicted molar refractivity (Wildman–Crippen MR) is 78.3 cm³/mol. The fraction of sp³-hybridized carbons (Fsp3) is 0.364. The van der Waals surface area contributed by atoms with E-state index in [4.69, 9.17) is 5.73 Å². The maximum atomic E-state index is 11.7. The zero-order chi connectivity index (χ0) is 12.3. The van der Waals surface area contributed by atoms with Gasteiger partial charge in [-0.15, -0.1) is 0 Å². The number of rotatable bonds is 3. The van der Waals surface area contributed by atoms with Crippen molar-refractivity contribution >= 4 is 50.1 Å². The summed E-state index contributed by atoms with van der Waals surface area (Å²) in [4.78, 5) is 11.7. The molecule has 88 valence electrons. The quantitative estimate of drug-likeness (QED) is 0.771. The van der Waals surface area contributed by atoms with E-state index in [0.717, 1.165) is 13.7 Å². The molecular formula is C11H14BrIN2O. The van der Waals surface area contributed by atoms with Gasteiger partial charge in [-0.05, 0) is 62.6 Å². The monoisotopic (exact) mass is 396 g/mol. The SMILES string of the molecule is CC(C)[C@H](N)C(=O)Nc1ccc(Br)c(I)c1. The van der Waals surface area contributed by atoms with Gasteiger partial charge in [-0.1, -0.05) is 13.8 Å². The van der Waals surface area contributed by atoms with E-state index in [0.29, 0.717) is 0 Å². The van der Waals surface area contributed by atoms with E-state index < -0.39 is 6.04 Å². The molecule has 0 aromatic heterocycles. The average molecular weight is 397 g/mol. The Labute approximate surface area is 117 Å². The maximum absolute atomic E-state index is 11.7. The summed E-state index contributed by atoms with van der Waals surface area (Å²) >= 11 is 5.60. The summed E-state index contributed by atoms with van der Waals surface area (Å²) in [5.41, 5.74) is 6.52. The summed E-state index contributed by atoms with van der Waals surface area (Å²) in [6.07, 6.45) is 0. The summed E-state index contributed by atoms with van der Waals surface area (Å²) < 4.78 is 2.06. The number of amides is 1. The van der Waals surface area contributed by atoms with Gasteiger partial charge in [0.1, 0.15) is 0 Å². The zero-order valence-corrected chi connectivity index (χ0v) is 12.9. The minimum absolute atomic E-state index is 0.134.